The maximum absolute atomic E-state index is 13.3. The Balaban J connectivity index is 2.46. The summed E-state index contributed by atoms with van der Waals surface area (Å²) >= 11 is 0. The van der Waals surface area contributed by atoms with Gasteiger partial charge in [-0.05, 0) is 32.4 Å². The molecule has 1 heterocycles. The molecule has 0 aliphatic carbocycles. The summed E-state index contributed by atoms with van der Waals surface area (Å²) in [6.45, 7) is 5.44. The van der Waals surface area contributed by atoms with Crippen molar-refractivity contribution in [1.82, 2.24) is 5.32 Å². The van der Waals surface area contributed by atoms with E-state index in [4.69, 9.17) is 0 Å². The minimum Gasteiger partial charge on any atom is -0.388 e. The average molecular weight is 171 g/mol. The van der Waals surface area contributed by atoms with Crippen LogP contribution in [-0.2, 0) is 0 Å². The molecule has 1 N–H and O–H groups in total. The zero-order chi connectivity index (χ0) is 9.19. The second-order valence-electron chi connectivity index (χ2n) is 4.31. The lowest BCUT2D eigenvalue weighted by Crippen LogP contribution is -2.38. The molecule has 12 heavy (non-hydrogen) atoms. The standard InChI is InChI=1S/C10H18FN/c1-8-5-4-6-12-9(8)7-10(2,3)11/h4,6,8-9,12H,5,7H2,1-3H3/t8-,9-/m1/s1. The lowest BCUT2D eigenvalue weighted by atomic mass is 9.88. The molecule has 2 heteroatoms. The first kappa shape index (κ1) is 9.56. The Morgan fingerprint density at radius 1 is 1.58 bits per heavy atom. The van der Waals surface area contributed by atoms with E-state index >= 15 is 0 Å². The lowest BCUT2D eigenvalue weighted by Gasteiger charge is -2.30. The summed E-state index contributed by atoms with van der Waals surface area (Å²) < 4.78 is 13.3. The summed E-state index contributed by atoms with van der Waals surface area (Å²) in [6, 6.07) is 0.301. The summed E-state index contributed by atoms with van der Waals surface area (Å²) in [5.74, 6) is 0.546. The molecule has 70 valence electrons. The molecule has 1 aliphatic rings. The number of hydrogen-bond acceptors (Lipinski definition) is 1. The monoisotopic (exact) mass is 171 g/mol. The molecule has 0 bridgehead atoms. The molecular formula is C10H18FN. The third kappa shape index (κ3) is 2.84. The van der Waals surface area contributed by atoms with Gasteiger partial charge in [-0.2, -0.15) is 0 Å². The van der Waals surface area contributed by atoms with Gasteiger partial charge in [-0.3, -0.25) is 0 Å². The molecule has 1 rings (SSSR count). The van der Waals surface area contributed by atoms with Crippen LogP contribution in [0.3, 0.4) is 0 Å². The predicted molar refractivity (Wildman–Crippen MR) is 49.6 cm³/mol. The van der Waals surface area contributed by atoms with Gasteiger partial charge in [-0.15, -0.1) is 0 Å². The van der Waals surface area contributed by atoms with Crippen LogP contribution in [0.1, 0.15) is 33.6 Å². The first-order valence-corrected chi connectivity index (χ1v) is 4.59. The van der Waals surface area contributed by atoms with E-state index in [9.17, 15) is 4.39 Å². The van der Waals surface area contributed by atoms with Crippen molar-refractivity contribution in [3.63, 3.8) is 0 Å². The van der Waals surface area contributed by atoms with Crippen molar-refractivity contribution in [2.45, 2.75) is 45.3 Å². The normalized spacial score (nSPS) is 30.0. The van der Waals surface area contributed by atoms with Crippen LogP contribution >= 0.6 is 0 Å². The molecule has 0 fully saturated rings. The Labute approximate surface area is 74.0 Å². The Morgan fingerprint density at radius 2 is 2.25 bits per heavy atom. The third-order valence-electron chi connectivity index (χ3n) is 2.33. The molecule has 0 radical (unpaired) electrons. The lowest BCUT2D eigenvalue weighted by molar-refractivity contribution is 0.163. The van der Waals surface area contributed by atoms with Gasteiger partial charge in [-0.25, -0.2) is 4.39 Å². The molecular weight excluding hydrogens is 153 g/mol. The number of halogens is 1. The van der Waals surface area contributed by atoms with Gasteiger partial charge < -0.3 is 5.32 Å². The van der Waals surface area contributed by atoms with Gasteiger partial charge in [0.15, 0.2) is 0 Å². The van der Waals surface area contributed by atoms with Crippen LogP contribution in [-0.4, -0.2) is 11.7 Å². The summed E-state index contributed by atoms with van der Waals surface area (Å²) in [4.78, 5) is 0. The van der Waals surface area contributed by atoms with Crippen LogP contribution in [0, 0.1) is 5.92 Å². The molecule has 0 aromatic rings. The fourth-order valence-corrected chi connectivity index (χ4v) is 1.59. The van der Waals surface area contributed by atoms with E-state index in [1.165, 1.54) is 0 Å². The minimum absolute atomic E-state index is 0.301. The maximum Gasteiger partial charge on any atom is 0.107 e. The molecule has 0 spiro atoms. The van der Waals surface area contributed by atoms with Gasteiger partial charge in [-0.1, -0.05) is 13.0 Å². The highest BCUT2D eigenvalue weighted by Gasteiger charge is 2.26. The Bertz CT molecular complexity index is 169. The fraction of sp³-hybridized carbons (Fsp3) is 0.800. The van der Waals surface area contributed by atoms with Crippen LogP contribution in [0.4, 0.5) is 4.39 Å². The van der Waals surface area contributed by atoms with Crippen molar-refractivity contribution in [2.24, 2.45) is 5.92 Å². The molecule has 1 nitrogen and oxygen atoms in total. The van der Waals surface area contributed by atoms with Crippen molar-refractivity contribution >= 4 is 0 Å². The second-order valence-corrected chi connectivity index (χ2v) is 4.31. The molecule has 1 aliphatic heterocycles. The highest BCUT2D eigenvalue weighted by Crippen LogP contribution is 2.24. The van der Waals surface area contributed by atoms with Gasteiger partial charge in [0.05, 0.1) is 0 Å². The number of rotatable bonds is 2. The summed E-state index contributed by atoms with van der Waals surface area (Å²) in [5, 5.41) is 3.20. The molecule has 0 aromatic heterocycles. The number of nitrogens with one attached hydrogen (secondary N) is 1. The van der Waals surface area contributed by atoms with Gasteiger partial charge in [0.25, 0.3) is 0 Å². The first-order valence-electron chi connectivity index (χ1n) is 4.59. The topological polar surface area (TPSA) is 12.0 Å². The fourth-order valence-electron chi connectivity index (χ4n) is 1.59. The second kappa shape index (κ2) is 3.46. The van der Waals surface area contributed by atoms with Crippen molar-refractivity contribution in [2.75, 3.05) is 0 Å². The van der Waals surface area contributed by atoms with E-state index in [0.717, 1.165) is 6.42 Å². The number of hydrogen-bond donors (Lipinski definition) is 1. The quantitative estimate of drug-likeness (QED) is 0.673. The van der Waals surface area contributed by atoms with Gasteiger partial charge >= 0.3 is 0 Å². The maximum atomic E-state index is 13.3. The van der Waals surface area contributed by atoms with Crippen LogP contribution in [0.5, 0.6) is 0 Å². The molecule has 0 aromatic carbocycles. The summed E-state index contributed by atoms with van der Waals surface area (Å²) in [6.07, 6.45) is 5.70. The SMILES string of the molecule is C[C@@H]1CC=CN[C@@H]1CC(C)(C)F. The van der Waals surface area contributed by atoms with Gasteiger partial charge in [0.2, 0.25) is 0 Å². The zero-order valence-electron chi connectivity index (χ0n) is 8.10. The first-order chi connectivity index (χ1) is 5.49. The molecule has 2 atom stereocenters. The molecule has 0 unspecified atom stereocenters. The van der Waals surface area contributed by atoms with Crippen LogP contribution in [0.2, 0.25) is 0 Å². The van der Waals surface area contributed by atoms with E-state index in [1.807, 2.05) is 6.20 Å². The molecule has 0 amide bonds. The third-order valence-corrected chi connectivity index (χ3v) is 2.33. The minimum atomic E-state index is -1.06. The average Bonchev–Trinajstić information content (AvgIpc) is 1.91. The van der Waals surface area contributed by atoms with Crippen LogP contribution in [0.15, 0.2) is 12.3 Å². The van der Waals surface area contributed by atoms with Crippen LogP contribution < -0.4 is 5.32 Å². The number of allylic oxidation sites excluding steroid dienone is 1. The molecule has 0 saturated carbocycles. The van der Waals surface area contributed by atoms with Crippen LogP contribution in [0.25, 0.3) is 0 Å². The van der Waals surface area contributed by atoms with Crippen molar-refractivity contribution in [3.05, 3.63) is 12.3 Å². The van der Waals surface area contributed by atoms with E-state index in [1.54, 1.807) is 13.8 Å². The summed E-state index contributed by atoms with van der Waals surface area (Å²) in [7, 11) is 0. The van der Waals surface area contributed by atoms with E-state index in [-0.39, 0.29) is 0 Å². The predicted octanol–water partition coefficient (Wildman–Crippen LogP) is 2.64. The van der Waals surface area contributed by atoms with E-state index < -0.39 is 5.67 Å². The van der Waals surface area contributed by atoms with Gasteiger partial charge in [0.1, 0.15) is 5.67 Å². The molecule has 0 saturated heterocycles. The summed E-state index contributed by atoms with van der Waals surface area (Å²) in [5.41, 5.74) is -1.06. The highest BCUT2D eigenvalue weighted by molar-refractivity contribution is 4.95. The van der Waals surface area contributed by atoms with Crippen molar-refractivity contribution in [3.8, 4) is 0 Å². The van der Waals surface area contributed by atoms with Gasteiger partial charge in [0, 0.05) is 12.5 Å². The Kier molecular flexibility index (Phi) is 2.76. The van der Waals surface area contributed by atoms with Crippen molar-refractivity contribution < 1.29 is 4.39 Å². The zero-order valence-corrected chi connectivity index (χ0v) is 8.10. The van der Waals surface area contributed by atoms with Crippen molar-refractivity contribution in [1.29, 1.82) is 0 Å². The highest BCUT2D eigenvalue weighted by atomic mass is 19.1. The smallest absolute Gasteiger partial charge is 0.107 e. The largest absolute Gasteiger partial charge is 0.388 e. The van der Waals surface area contributed by atoms with E-state index in [2.05, 4.69) is 18.3 Å². The Morgan fingerprint density at radius 3 is 2.75 bits per heavy atom. The Hall–Kier alpha value is -0.530. The number of alkyl halides is 1. The van der Waals surface area contributed by atoms with E-state index in [0.29, 0.717) is 18.4 Å².